The van der Waals surface area contributed by atoms with Gasteiger partial charge >= 0.3 is 0 Å². The molecule has 0 aliphatic carbocycles. The molecule has 0 unspecified atom stereocenters. The maximum atomic E-state index is 13.2. The van der Waals surface area contributed by atoms with Crippen molar-refractivity contribution in [3.05, 3.63) is 29.6 Å². The summed E-state index contributed by atoms with van der Waals surface area (Å²) in [5, 5.41) is 8.66. The molecule has 0 radical (unpaired) electrons. The first-order chi connectivity index (χ1) is 9.51. The van der Waals surface area contributed by atoms with Crippen LogP contribution in [-0.4, -0.2) is 38.7 Å². The molecule has 0 spiro atoms. The quantitative estimate of drug-likeness (QED) is 0.611. The van der Waals surface area contributed by atoms with Crippen LogP contribution in [0.25, 0.3) is 0 Å². The molecule has 0 bridgehead atoms. The van der Waals surface area contributed by atoms with Gasteiger partial charge in [0.25, 0.3) is 0 Å². The average Bonchev–Trinajstić information content (AvgIpc) is 2.41. The number of sulfonamides is 1. The van der Waals surface area contributed by atoms with Crippen LogP contribution < -0.4 is 4.72 Å². The number of halogens is 1. The van der Waals surface area contributed by atoms with Gasteiger partial charge in [0, 0.05) is 12.1 Å². The minimum Gasteiger partial charge on any atom is -0.384 e. The smallest absolute Gasteiger partial charge is 0.241 e. The first kappa shape index (κ1) is 17.0. The Bertz CT molecular complexity index is 606. The molecule has 1 aromatic carbocycles. The summed E-state index contributed by atoms with van der Waals surface area (Å²) in [6, 6.07) is 3.29. The Balaban J connectivity index is 2.99. The summed E-state index contributed by atoms with van der Waals surface area (Å²) in [5.41, 5.74) is 0.0383. The molecule has 0 saturated carbocycles. The lowest BCUT2D eigenvalue weighted by Crippen LogP contribution is -2.26. The number of aliphatic hydroxyl groups excluding tert-OH is 1. The number of thioether (sulfide) groups is 1. The predicted octanol–water partition coefficient (Wildman–Crippen LogP) is 1.20. The molecule has 20 heavy (non-hydrogen) atoms. The highest BCUT2D eigenvalue weighted by Gasteiger charge is 2.17. The van der Waals surface area contributed by atoms with Crippen molar-refractivity contribution in [2.75, 3.05) is 25.2 Å². The van der Waals surface area contributed by atoms with Crippen molar-refractivity contribution in [2.24, 2.45) is 0 Å². The fourth-order valence-electron chi connectivity index (χ4n) is 1.47. The van der Waals surface area contributed by atoms with Gasteiger partial charge in [0.2, 0.25) is 10.0 Å². The lowest BCUT2D eigenvalue weighted by atomic mass is 10.2. The molecule has 0 atom stereocenters. The van der Waals surface area contributed by atoms with Gasteiger partial charge in [-0.1, -0.05) is 11.8 Å². The Morgan fingerprint density at radius 1 is 1.45 bits per heavy atom. The number of benzene rings is 1. The lowest BCUT2D eigenvalue weighted by Gasteiger charge is -2.08. The van der Waals surface area contributed by atoms with E-state index in [1.807, 2.05) is 6.26 Å². The zero-order chi connectivity index (χ0) is 15.0. The molecule has 1 aromatic rings. The second-order valence-corrected chi connectivity index (χ2v) is 6.57. The maximum absolute atomic E-state index is 13.2. The van der Waals surface area contributed by atoms with E-state index in [0.717, 1.165) is 17.9 Å². The number of hydrogen-bond donors (Lipinski definition) is 2. The highest BCUT2D eigenvalue weighted by atomic mass is 32.2. The van der Waals surface area contributed by atoms with Gasteiger partial charge < -0.3 is 5.11 Å². The number of rotatable bonds is 6. The van der Waals surface area contributed by atoms with Crippen LogP contribution in [0.2, 0.25) is 0 Å². The van der Waals surface area contributed by atoms with E-state index >= 15 is 0 Å². The fraction of sp³-hybridized carbons (Fsp3) is 0.385. The van der Waals surface area contributed by atoms with Crippen molar-refractivity contribution >= 4 is 21.8 Å². The molecule has 0 aliphatic rings. The summed E-state index contributed by atoms with van der Waals surface area (Å²) >= 11 is 1.63. The number of nitrogens with one attached hydrogen (secondary N) is 1. The van der Waals surface area contributed by atoms with E-state index in [2.05, 4.69) is 16.6 Å². The summed E-state index contributed by atoms with van der Waals surface area (Å²) in [6.45, 7) is -0.107. The normalized spacial score (nSPS) is 10.9. The standard InChI is InChI=1S/C13H16FNO3S2/c1-19-9-3-7-15-20(17,18)13-6-5-12(14)10-11(13)4-2-8-16/h5-6,10,15-16H,3,7-9H2,1H3. The maximum Gasteiger partial charge on any atom is 0.241 e. The van der Waals surface area contributed by atoms with Crippen LogP contribution in [0.4, 0.5) is 4.39 Å². The summed E-state index contributed by atoms with van der Waals surface area (Å²) in [6.07, 6.45) is 2.65. The molecular formula is C13H16FNO3S2. The summed E-state index contributed by atoms with van der Waals surface area (Å²) in [7, 11) is -3.73. The molecule has 0 amide bonds. The van der Waals surface area contributed by atoms with Crippen LogP contribution in [0.3, 0.4) is 0 Å². The zero-order valence-corrected chi connectivity index (χ0v) is 12.7. The van der Waals surface area contributed by atoms with Gasteiger partial charge in [-0.25, -0.2) is 17.5 Å². The van der Waals surface area contributed by atoms with E-state index in [9.17, 15) is 12.8 Å². The van der Waals surface area contributed by atoms with Crippen LogP contribution in [0, 0.1) is 17.7 Å². The van der Waals surface area contributed by atoms with Gasteiger partial charge in [-0.3, -0.25) is 0 Å². The lowest BCUT2D eigenvalue weighted by molar-refractivity contribution is 0.350. The Kier molecular flexibility index (Phi) is 7.02. The van der Waals surface area contributed by atoms with Crippen LogP contribution in [0.1, 0.15) is 12.0 Å². The Labute approximate surface area is 122 Å². The molecule has 0 saturated heterocycles. The van der Waals surface area contributed by atoms with Crippen molar-refractivity contribution in [1.29, 1.82) is 0 Å². The molecule has 0 fully saturated rings. The Morgan fingerprint density at radius 3 is 2.85 bits per heavy atom. The molecule has 1 rings (SSSR count). The van der Waals surface area contributed by atoms with Crippen molar-refractivity contribution in [2.45, 2.75) is 11.3 Å². The first-order valence-corrected chi connectivity index (χ1v) is 8.77. The third-order valence-corrected chi connectivity index (χ3v) is 4.57. The van der Waals surface area contributed by atoms with E-state index in [0.29, 0.717) is 13.0 Å². The van der Waals surface area contributed by atoms with Gasteiger partial charge in [-0.2, -0.15) is 11.8 Å². The van der Waals surface area contributed by atoms with E-state index in [-0.39, 0.29) is 10.5 Å². The Morgan fingerprint density at radius 2 is 2.20 bits per heavy atom. The minimum absolute atomic E-state index is 0.0383. The van der Waals surface area contributed by atoms with Gasteiger partial charge in [0.1, 0.15) is 12.4 Å². The van der Waals surface area contributed by atoms with Gasteiger partial charge in [0.15, 0.2) is 0 Å². The summed E-state index contributed by atoms with van der Waals surface area (Å²) in [4.78, 5) is -0.0796. The molecule has 0 aromatic heterocycles. The first-order valence-electron chi connectivity index (χ1n) is 5.89. The van der Waals surface area contributed by atoms with E-state index in [1.54, 1.807) is 11.8 Å². The van der Waals surface area contributed by atoms with Crippen molar-refractivity contribution in [3.63, 3.8) is 0 Å². The van der Waals surface area contributed by atoms with E-state index in [4.69, 9.17) is 5.11 Å². The SMILES string of the molecule is CSCCCNS(=O)(=O)c1ccc(F)cc1C#CCO. The monoisotopic (exact) mass is 317 g/mol. The molecule has 7 heteroatoms. The number of aliphatic hydroxyl groups is 1. The molecule has 110 valence electrons. The minimum atomic E-state index is -3.73. The van der Waals surface area contributed by atoms with Crippen molar-refractivity contribution in [1.82, 2.24) is 4.72 Å². The third-order valence-electron chi connectivity index (χ3n) is 2.35. The predicted molar refractivity (Wildman–Crippen MR) is 78.6 cm³/mol. The largest absolute Gasteiger partial charge is 0.384 e. The van der Waals surface area contributed by atoms with E-state index < -0.39 is 22.4 Å². The molecule has 2 N–H and O–H groups in total. The fourth-order valence-corrected chi connectivity index (χ4v) is 3.12. The van der Waals surface area contributed by atoms with Gasteiger partial charge in [0.05, 0.1) is 4.90 Å². The Hall–Kier alpha value is -1.07. The molecule has 4 nitrogen and oxygen atoms in total. The van der Waals surface area contributed by atoms with Crippen LogP contribution in [0.15, 0.2) is 23.1 Å². The van der Waals surface area contributed by atoms with Crippen LogP contribution in [-0.2, 0) is 10.0 Å². The van der Waals surface area contributed by atoms with Gasteiger partial charge in [-0.15, -0.1) is 0 Å². The highest BCUT2D eigenvalue weighted by Crippen LogP contribution is 2.16. The zero-order valence-electron chi connectivity index (χ0n) is 11.0. The summed E-state index contributed by atoms with van der Waals surface area (Å²) < 4.78 is 39.9. The molecule has 0 heterocycles. The van der Waals surface area contributed by atoms with E-state index in [1.165, 1.54) is 6.07 Å². The van der Waals surface area contributed by atoms with Crippen molar-refractivity contribution < 1.29 is 17.9 Å². The topological polar surface area (TPSA) is 66.4 Å². The third kappa shape index (κ3) is 5.13. The second kappa shape index (κ2) is 8.27. The average molecular weight is 317 g/mol. The highest BCUT2D eigenvalue weighted by molar-refractivity contribution is 7.98. The van der Waals surface area contributed by atoms with Crippen LogP contribution >= 0.6 is 11.8 Å². The van der Waals surface area contributed by atoms with Gasteiger partial charge in [-0.05, 0) is 36.6 Å². The number of hydrogen-bond acceptors (Lipinski definition) is 4. The van der Waals surface area contributed by atoms with Crippen LogP contribution in [0.5, 0.6) is 0 Å². The summed E-state index contributed by atoms with van der Waals surface area (Å²) in [5.74, 6) is 5.05. The second-order valence-electron chi connectivity index (χ2n) is 3.84. The van der Waals surface area contributed by atoms with Crippen molar-refractivity contribution in [3.8, 4) is 11.8 Å². The molecular weight excluding hydrogens is 301 g/mol. The molecule has 0 aliphatic heterocycles.